The summed E-state index contributed by atoms with van der Waals surface area (Å²) >= 11 is 0. The number of hydrogen-bond donors (Lipinski definition) is 0. The molecular weight excluding hydrogens is 434 g/mol. The quantitative estimate of drug-likeness (QED) is 0.209. The van der Waals surface area contributed by atoms with Crippen LogP contribution in [0.2, 0.25) is 0 Å². The summed E-state index contributed by atoms with van der Waals surface area (Å²) in [4.78, 5) is 21.0. The number of methoxy groups -OCH3 is 1. The van der Waals surface area contributed by atoms with Gasteiger partial charge in [0.25, 0.3) is 0 Å². The van der Waals surface area contributed by atoms with Crippen molar-refractivity contribution in [3.05, 3.63) is 127 Å². The molecule has 170 valence electrons. The van der Waals surface area contributed by atoms with Gasteiger partial charge in [0.1, 0.15) is 0 Å². The largest absolute Gasteiger partial charge is 0.465 e. The molecule has 2 heterocycles. The van der Waals surface area contributed by atoms with Crippen molar-refractivity contribution in [2.24, 2.45) is 4.99 Å². The lowest BCUT2D eigenvalue weighted by Gasteiger charge is -2.15. The maximum Gasteiger partial charge on any atom is 0.337 e. The van der Waals surface area contributed by atoms with E-state index >= 15 is 0 Å². The van der Waals surface area contributed by atoms with E-state index in [0.717, 1.165) is 33.8 Å². The van der Waals surface area contributed by atoms with Crippen molar-refractivity contribution in [2.75, 3.05) is 7.11 Å². The molecule has 0 saturated carbocycles. The predicted molar refractivity (Wildman–Crippen MR) is 139 cm³/mol. The predicted octanol–water partition coefficient (Wildman–Crippen LogP) is 6.74. The first-order valence-electron chi connectivity index (χ1n) is 11.2. The molecule has 0 aliphatic carbocycles. The fraction of sp³-hybridized carbons (Fsp3) is 0.0333. The van der Waals surface area contributed by atoms with Crippen LogP contribution in [0.3, 0.4) is 0 Å². The van der Waals surface area contributed by atoms with Crippen LogP contribution < -0.4 is 0 Å². The molecule has 0 bridgehead atoms. The van der Waals surface area contributed by atoms with Crippen molar-refractivity contribution in [3.63, 3.8) is 0 Å². The van der Waals surface area contributed by atoms with Crippen LogP contribution in [0.5, 0.6) is 0 Å². The normalized spacial score (nSPS) is 11.0. The number of rotatable bonds is 6. The fourth-order valence-corrected chi connectivity index (χ4v) is 4.04. The van der Waals surface area contributed by atoms with Crippen LogP contribution in [-0.2, 0) is 4.74 Å². The number of benzene rings is 3. The third-order valence-corrected chi connectivity index (χ3v) is 5.68. The first-order valence-corrected chi connectivity index (χ1v) is 11.2. The van der Waals surface area contributed by atoms with Crippen LogP contribution in [0.4, 0.5) is 5.82 Å². The minimum atomic E-state index is -0.362. The average Bonchev–Trinajstić information content (AvgIpc) is 3.32. The Morgan fingerprint density at radius 2 is 1.49 bits per heavy atom. The van der Waals surface area contributed by atoms with Crippen LogP contribution in [-0.4, -0.2) is 28.8 Å². The zero-order chi connectivity index (χ0) is 24.0. The van der Waals surface area contributed by atoms with Crippen molar-refractivity contribution < 1.29 is 9.53 Å². The van der Waals surface area contributed by atoms with Gasteiger partial charge < -0.3 is 9.30 Å². The van der Waals surface area contributed by atoms with Gasteiger partial charge in [0.15, 0.2) is 5.82 Å². The van der Waals surface area contributed by atoms with Crippen molar-refractivity contribution >= 4 is 18.0 Å². The second-order valence-corrected chi connectivity index (χ2v) is 7.89. The number of nitrogens with zero attached hydrogens (tertiary/aromatic N) is 3. The maximum absolute atomic E-state index is 12.0. The molecule has 0 spiro atoms. The molecule has 5 aromatic rings. The second kappa shape index (κ2) is 10.0. The highest BCUT2D eigenvalue weighted by Gasteiger charge is 2.19. The van der Waals surface area contributed by atoms with Crippen LogP contribution in [0.25, 0.3) is 28.2 Å². The van der Waals surface area contributed by atoms with E-state index < -0.39 is 0 Å². The van der Waals surface area contributed by atoms with Gasteiger partial charge in [0.05, 0.1) is 24.1 Å². The van der Waals surface area contributed by atoms with Gasteiger partial charge in [-0.15, -0.1) is 0 Å². The Hall–Kier alpha value is -4.77. The third kappa shape index (κ3) is 4.66. The Bertz CT molecular complexity index is 1460. The summed E-state index contributed by atoms with van der Waals surface area (Å²) in [6.07, 6.45) is 3.59. The van der Waals surface area contributed by atoms with Gasteiger partial charge in [0.2, 0.25) is 0 Å². The van der Waals surface area contributed by atoms with Crippen LogP contribution in [0, 0.1) is 0 Å². The topological polar surface area (TPSA) is 56.5 Å². The van der Waals surface area contributed by atoms with E-state index in [-0.39, 0.29) is 5.97 Å². The smallest absolute Gasteiger partial charge is 0.337 e. The van der Waals surface area contributed by atoms with Gasteiger partial charge in [-0.2, -0.15) is 0 Å². The Morgan fingerprint density at radius 3 is 2.11 bits per heavy atom. The Kier molecular flexibility index (Phi) is 6.31. The van der Waals surface area contributed by atoms with Crippen molar-refractivity contribution in [3.8, 4) is 28.2 Å². The van der Waals surface area contributed by atoms with Gasteiger partial charge in [-0.05, 0) is 53.6 Å². The SMILES string of the molecule is COC(=O)c1ccc(-n2c(-c3ccccc3)cc(C=Nc3ccccn3)c2-c2ccccc2)cc1. The highest BCUT2D eigenvalue weighted by Crippen LogP contribution is 2.35. The van der Waals surface area contributed by atoms with Crippen molar-refractivity contribution in [1.29, 1.82) is 0 Å². The molecule has 35 heavy (non-hydrogen) atoms. The van der Waals surface area contributed by atoms with Crippen molar-refractivity contribution in [1.82, 2.24) is 9.55 Å². The van der Waals surface area contributed by atoms with Crippen LogP contribution in [0.1, 0.15) is 15.9 Å². The summed E-state index contributed by atoms with van der Waals surface area (Å²) in [5.74, 6) is 0.279. The molecule has 0 radical (unpaired) electrons. The summed E-state index contributed by atoms with van der Waals surface area (Å²) in [5.41, 5.74) is 6.51. The first-order chi connectivity index (χ1) is 17.2. The number of pyridine rings is 1. The van der Waals surface area contributed by atoms with E-state index in [1.54, 1.807) is 18.3 Å². The third-order valence-electron chi connectivity index (χ3n) is 5.68. The van der Waals surface area contributed by atoms with Crippen LogP contribution >= 0.6 is 0 Å². The van der Waals surface area contributed by atoms with E-state index in [1.165, 1.54) is 7.11 Å². The second-order valence-electron chi connectivity index (χ2n) is 7.89. The number of aromatic nitrogens is 2. The minimum absolute atomic E-state index is 0.362. The summed E-state index contributed by atoms with van der Waals surface area (Å²) < 4.78 is 7.08. The molecule has 0 aliphatic rings. The molecule has 0 unspecified atom stereocenters. The van der Waals surface area contributed by atoms with E-state index in [4.69, 9.17) is 4.74 Å². The van der Waals surface area contributed by atoms with Gasteiger partial charge in [-0.3, -0.25) is 0 Å². The molecule has 0 atom stereocenters. The highest BCUT2D eigenvalue weighted by molar-refractivity contribution is 5.95. The van der Waals surface area contributed by atoms with E-state index in [1.807, 2.05) is 72.9 Å². The molecule has 0 saturated heterocycles. The molecule has 0 N–H and O–H groups in total. The molecule has 2 aromatic heterocycles. The lowest BCUT2D eigenvalue weighted by atomic mass is 10.1. The average molecular weight is 458 g/mol. The summed E-state index contributed by atoms with van der Waals surface area (Å²) in [7, 11) is 1.39. The van der Waals surface area contributed by atoms with Gasteiger partial charge >= 0.3 is 5.97 Å². The lowest BCUT2D eigenvalue weighted by Crippen LogP contribution is -2.03. The molecule has 5 nitrogen and oxygen atoms in total. The van der Waals surface area contributed by atoms with Crippen LogP contribution in [0.15, 0.2) is 120 Å². The zero-order valence-electron chi connectivity index (χ0n) is 19.2. The lowest BCUT2D eigenvalue weighted by molar-refractivity contribution is 0.0600. The molecule has 5 heteroatoms. The first kappa shape index (κ1) is 22.0. The number of ether oxygens (including phenoxy) is 1. The number of hydrogen-bond acceptors (Lipinski definition) is 4. The number of carbonyl (C=O) groups is 1. The summed E-state index contributed by atoms with van der Waals surface area (Å²) in [6.45, 7) is 0. The molecule has 5 rings (SSSR count). The monoisotopic (exact) mass is 457 g/mol. The zero-order valence-corrected chi connectivity index (χ0v) is 19.2. The van der Waals surface area contributed by atoms with E-state index in [0.29, 0.717) is 11.4 Å². The fourth-order valence-electron chi connectivity index (χ4n) is 4.04. The van der Waals surface area contributed by atoms with Gasteiger partial charge in [-0.25, -0.2) is 14.8 Å². The van der Waals surface area contributed by atoms with E-state index in [9.17, 15) is 4.79 Å². The Morgan fingerprint density at radius 1 is 0.829 bits per heavy atom. The Labute approximate surface area is 204 Å². The molecule has 0 aliphatic heterocycles. The molecule has 0 fully saturated rings. The molecule has 3 aromatic carbocycles. The van der Waals surface area contributed by atoms with E-state index in [2.05, 4.69) is 44.9 Å². The highest BCUT2D eigenvalue weighted by atomic mass is 16.5. The molecule has 0 amide bonds. The number of carbonyl (C=O) groups excluding carboxylic acids is 1. The van der Waals surface area contributed by atoms with Gasteiger partial charge in [0, 0.05) is 23.7 Å². The molecular formula is C30H23N3O2. The summed E-state index contributed by atoms with van der Waals surface area (Å²) in [5, 5.41) is 0. The Balaban J connectivity index is 1.75. The number of aliphatic imine (C=N–C) groups is 1. The standard InChI is InChI=1S/C30H23N3O2/c1-35-30(34)24-15-17-26(18-16-24)33-27(22-10-4-2-5-11-22)20-25(21-32-28-14-8-9-19-31-28)29(33)23-12-6-3-7-13-23/h2-21H,1H3. The number of esters is 1. The summed E-state index contributed by atoms with van der Waals surface area (Å²) in [6, 6.07) is 35.7. The van der Waals surface area contributed by atoms with Crippen molar-refractivity contribution in [2.45, 2.75) is 0 Å². The maximum atomic E-state index is 12.0. The minimum Gasteiger partial charge on any atom is -0.465 e. The van der Waals surface area contributed by atoms with Gasteiger partial charge in [-0.1, -0.05) is 66.7 Å².